The maximum absolute atomic E-state index is 12.9. The number of amides is 2. The van der Waals surface area contributed by atoms with Crippen molar-refractivity contribution in [1.29, 1.82) is 0 Å². The second kappa shape index (κ2) is 9.18. The van der Waals surface area contributed by atoms with E-state index in [1.54, 1.807) is 45.0 Å². The van der Waals surface area contributed by atoms with E-state index >= 15 is 0 Å². The molecule has 31 heavy (non-hydrogen) atoms. The summed E-state index contributed by atoms with van der Waals surface area (Å²) in [7, 11) is 1.34. The van der Waals surface area contributed by atoms with Crippen LogP contribution in [0.2, 0.25) is 5.02 Å². The first-order chi connectivity index (χ1) is 14.6. The number of methoxy groups -OCH3 is 1. The topological polar surface area (TPSA) is 110 Å². The lowest BCUT2D eigenvalue weighted by atomic mass is 9.82. The highest BCUT2D eigenvalue weighted by Crippen LogP contribution is 2.27. The molecule has 1 heterocycles. The zero-order valence-electron chi connectivity index (χ0n) is 18.1. The summed E-state index contributed by atoms with van der Waals surface area (Å²) in [6, 6.07) is 6.19. The van der Waals surface area contributed by atoms with Crippen molar-refractivity contribution in [3.63, 3.8) is 0 Å². The summed E-state index contributed by atoms with van der Waals surface area (Å²) >= 11 is 6.03. The SMILES string of the molecule is COC(=O)[C@H]1CC[C@@H](NC(=O)OC(C)(C)C)[C@@H](NC(=O)c2cc3cc(Cl)ccc3[nH]2)C1. The van der Waals surface area contributed by atoms with E-state index in [2.05, 4.69) is 15.6 Å². The molecule has 1 aromatic heterocycles. The van der Waals surface area contributed by atoms with Crippen molar-refractivity contribution in [3.8, 4) is 0 Å². The molecule has 2 aromatic rings. The third-order valence-corrected chi connectivity index (χ3v) is 5.47. The summed E-state index contributed by atoms with van der Waals surface area (Å²) in [6.07, 6.45) is 0.843. The first-order valence-corrected chi connectivity index (χ1v) is 10.6. The van der Waals surface area contributed by atoms with E-state index in [0.29, 0.717) is 30.0 Å². The number of benzene rings is 1. The van der Waals surface area contributed by atoms with Crippen molar-refractivity contribution in [2.24, 2.45) is 5.92 Å². The summed E-state index contributed by atoms with van der Waals surface area (Å²) in [5.74, 6) is -1.01. The molecule has 3 rings (SSSR count). The molecule has 0 spiro atoms. The van der Waals surface area contributed by atoms with Gasteiger partial charge in [-0.15, -0.1) is 0 Å². The van der Waals surface area contributed by atoms with Crippen LogP contribution in [0.1, 0.15) is 50.5 Å². The molecule has 0 aliphatic heterocycles. The molecule has 9 heteroatoms. The molecule has 168 valence electrons. The van der Waals surface area contributed by atoms with Gasteiger partial charge in [-0.05, 0) is 64.3 Å². The van der Waals surface area contributed by atoms with Crippen LogP contribution in [0.15, 0.2) is 24.3 Å². The summed E-state index contributed by atoms with van der Waals surface area (Å²) < 4.78 is 10.2. The van der Waals surface area contributed by atoms with Gasteiger partial charge in [-0.3, -0.25) is 9.59 Å². The van der Waals surface area contributed by atoms with Crippen molar-refractivity contribution >= 4 is 40.5 Å². The van der Waals surface area contributed by atoms with Gasteiger partial charge >= 0.3 is 12.1 Å². The van der Waals surface area contributed by atoms with Crippen molar-refractivity contribution in [3.05, 3.63) is 35.0 Å². The van der Waals surface area contributed by atoms with Crippen molar-refractivity contribution in [2.45, 2.75) is 57.7 Å². The van der Waals surface area contributed by atoms with Crippen LogP contribution in [0.25, 0.3) is 10.9 Å². The molecule has 1 saturated carbocycles. The number of hydrogen-bond acceptors (Lipinski definition) is 5. The smallest absolute Gasteiger partial charge is 0.407 e. The third-order valence-electron chi connectivity index (χ3n) is 5.23. The molecule has 8 nitrogen and oxygen atoms in total. The minimum atomic E-state index is -0.641. The summed E-state index contributed by atoms with van der Waals surface area (Å²) in [5, 5.41) is 7.19. The normalized spacial score (nSPS) is 21.4. The van der Waals surface area contributed by atoms with Gasteiger partial charge in [0.2, 0.25) is 0 Å². The van der Waals surface area contributed by atoms with Gasteiger partial charge in [0.25, 0.3) is 5.91 Å². The van der Waals surface area contributed by atoms with Gasteiger partial charge in [0, 0.05) is 15.9 Å². The molecule has 0 unspecified atom stereocenters. The van der Waals surface area contributed by atoms with Gasteiger partial charge in [-0.2, -0.15) is 0 Å². The Hall–Kier alpha value is -2.74. The number of esters is 1. The molecule has 3 N–H and O–H groups in total. The fourth-order valence-electron chi connectivity index (χ4n) is 3.81. The molecule has 0 radical (unpaired) electrons. The van der Waals surface area contributed by atoms with Crippen LogP contribution >= 0.6 is 11.6 Å². The van der Waals surface area contributed by atoms with Gasteiger partial charge in [-0.1, -0.05) is 11.6 Å². The number of halogens is 1. The number of hydrogen-bond donors (Lipinski definition) is 3. The number of rotatable bonds is 4. The highest BCUT2D eigenvalue weighted by molar-refractivity contribution is 6.31. The fourth-order valence-corrected chi connectivity index (χ4v) is 4.00. The maximum atomic E-state index is 12.9. The highest BCUT2D eigenvalue weighted by Gasteiger charge is 2.37. The number of carbonyl (C=O) groups is 3. The molecule has 0 saturated heterocycles. The lowest BCUT2D eigenvalue weighted by molar-refractivity contribution is -0.146. The molecular weight excluding hydrogens is 422 g/mol. The molecule has 1 aromatic carbocycles. The summed E-state index contributed by atoms with van der Waals surface area (Å²) in [4.78, 5) is 40.4. The molecule has 1 aliphatic carbocycles. The van der Waals surface area contributed by atoms with Crippen molar-refractivity contribution < 1.29 is 23.9 Å². The van der Waals surface area contributed by atoms with Crippen LogP contribution in [-0.2, 0) is 14.3 Å². The lowest BCUT2D eigenvalue weighted by Gasteiger charge is -2.36. The van der Waals surface area contributed by atoms with E-state index in [1.807, 2.05) is 0 Å². The fraction of sp³-hybridized carbons (Fsp3) is 0.500. The van der Waals surface area contributed by atoms with Crippen LogP contribution < -0.4 is 10.6 Å². The van der Waals surface area contributed by atoms with Gasteiger partial charge in [0.05, 0.1) is 25.1 Å². The average Bonchev–Trinajstić information content (AvgIpc) is 3.10. The van der Waals surface area contributed by atoms with Gasteiger partial charge in [-0.25, -0.2) is 4.79 Å². The minimum absolute atomic E-state index is 0.324. The average molecular weight is 450 g/mol. The van der Waals surface area contributed by atoms with Crippen LogP contribution in [0.5, 0.6) is 0 Å². The minimum Gasteiger partial charge on any atom is -0.469 e. The Bertz CT molecular complexity index is 981. The van der Waals surface area contributed by atoms with Gasteiger partial charge < -0.3 is 25.1 Å². The Morgan fingerprint density at radius 3 is 2.52 bits per heavy atom. The molecule has 1 fully saturated rings. The Morgan fingerprint density at radius 1 is 1.10 bits per heavy atom. The maximum Gasteiger partial charge on any atom is 0.407 e. The van der Waals surface area contributed by atoms with Crippen LogP contribution in [0.3, 0.4) is 0 Å². The standard InChI is InChI=1S/C22H28ClN3O5/c1-22(2,3)31-21(29)26-16-7-5-12(20(28)30-4)10-17(16)25-19(27)18-11-13-9-14(23)6-8-15(13)24-18/h6,8-9,11-12,16-17,24H,5,7,10H2,1-4H3,(H,25,27)(H,26,29)/t12-,16+,17-/m0/s1. The van der Waals surface area contributed by atoms with Crippen molar-refractivity contribution in [2.75, 3.05) is 7.11 Å². The van der Waals surface area contributed by atoms with E-state index in [1.165, 1.54) is 7.11 Å². The number of fused-ring (bicyclic) bond motifs is 1. The second-order valence-corrected chi connectivity index (χ2v) is 9.22. The Balaban J connectivity index is 1.76. The zero-order chi connectivity index (χ0) is 22.8. The largest absolute Gasteiger partial charge is 0.469 e. The van der Waals surface area contributed by atoms with E-state index in [-0.39, 0.29) is 23.8 Å². The number of alkyl carbamates (subject to hydrolysis) is 1. The predicted octanol–water partition coefficient (Wildman–Crippen LogP) is 3.79. The monoisotopic (exact) mass is 449 g/mol. The lowest BCUT2D eigenvalue weighted by Crippen LogP contribution is -2.56. The predicted molar refractivity (Wildman–Crippen MR) is 117 cm³/mol. The van der Waals surface area contributed by atoms with Crippen LogP contribution in [-0.4, -0.2) is 47.7 Å². The zero-order valence-corrected chi connectivity index (χ0v) is 18.8. The molecular formula is C22H28ClN3O5. The number of aromatic nitrogens is 1. The Morgan fingerprint density at radius 2 is 1.84 bits per heavy atom. The quantitative estimate of drug-likeness (QED) is 0.615. The molecule has 1 aliphatic rings. The number of carbonyl (C=O) groups excluding carboxylic acids is 3. The number of aromatic amines is 1. The second-order valence-electron chi connectivity index (χ2n) is 8.78. The third kappa shape index (κ3) is 5.91. The van der Waals surface area contributed by atoms with E-state index in [9.17, 15) is 14.4 Å². The molecule has 2 amide bonds. The Labute approximate surface area is 186 Å². The van der Waals surface area contributed by atoms with E-state index in [0.717, 1.165) is 10.9 Å². The van der Waals surface area contributed by atoms with Crippen LogP contribution in [0.4, 0.5) is 4.79 Å². The van der Waals surface area contributed by atoms with E-state index < -0.39 is 17.7 Å². The molecule has 3 atom stereocenters. The summed E-state index contributed by atoms with van der Waals surface area (Å²) in [5.41, 5.74) is 0.514. The summed E-state index contributed by atoms with van der Waals surface area (Å²) in [6.45, 7) is 5.34. The highest BCUT2D eigenvalue weighted by atomic mass is 35.5. The van der Waals surface area contributed by atoms with Crippen molar-refractivity contribution in [1.82, 2.24) is 15.6 Å². The first-order valence-electron chi connectivity index (χ1n) is 10.2. The van der Waals surface area contributed by atoms with Gasteiger partial charge in [0.1, 0.15) is 11.3 Å². The number of nitrogens with one attached hydrogen (secondary N) is 3. The molecule has 0 bridgehead atoms. The number of H-pyrrole nitrogens is 1. The Kier molecular flexibility index (Phi) is 6.79. The van der Waals surface area contributed by atoms with E-state index in [4.69, 9.17) is 21.1 Å². The number of ether oxygens (including phenoxy) is 2. The first kappa shape index (κ1) is 22.9. The van der Waals surface area contributed by atoms with Crippen LogP contribution in [0, 0.1) is 5.92 Å². The van der Waals surface area contributed by atoms with Gasteiger partial charge in [0.15, 0.2) is 0 Å².